The maximum absolute atomic E-state index is 11.9. The minimum absolute atomic E-state index is 0.0240. The molecule has 1 heterocycles. The van der Waals surface area contributed by atoms with Crippen LogP contribution in [0, 0.1) is 0 Å². The van der Waals surface area contributed by atoms with Crippen LogP contribution in [-0.4, -0.2) is 25.5 Å². The Hall–Kier alpha value is -1.06. The number of carbonyl (C=O) groups is 1. The topological polar surface area (TPSA) is 38.3 Å². The molecule has 0 bridgehead atoms. The largest absolute Gasteiger partial charge is 0.495 e. The van der Waals surface area contributed by atoms with Crippen molar-refractivity contribution in [2.75, 3.05) is 13.7 Å². The number of rotatable bonds is 4. The summed E-state index contributed by atoms with van der Waals surface area (Å²) in [6.07, 6.45) is 2.46. The van der Waals surface area contributed by atoms with Crippen LogP contribution >= 0.6 is 11.6 Å². The third-order valence-corrected chi connectivity index (χ3v) is 3.34. The minimum Gasteiger partial charge on any atom is -0.495 e. The molecule has 0 amide bonds. The average molecular weight is 254 g/mol. The Morgan fingerprint density at radius 1 is 1.59 bits per heavy atom. The van der Waals surface area contributed by atoms with Crippen molar-refractivity contribution >= 4 is 17.4 Å². The molecule has 1 aliphatic heterocycles. The van der Waals surface area contributed by atoms with Crippen LogP contribution in [0.5, 0.6) is 5.75 Å². The summed E-state index contributed by atoms with van der Waals surface area (Å²) in [5.41, 5.74) is 0.939. The van der Waals surface area contributed by atoms with E-state index in [9.17, 15) is 4.79 Å². The van der Waals surface area contributed by atoms with Gasteiger partial charge in [0.15, 0.2) is 5.78 Å². The lowest BCUT2D eigenvalue weighted by Crippen LogP contribution is -2.31. The van der Waals surface area contributed by atoms with E-state index in [2.05, 4.69) is 5.32 Å². The monoisotopic (exact) mass is 253 g/mol. The lowest BCUT2D eigenvalue weighted by molar-refractivity contribution is -0.120. The van der Waals surface area contributed by atoms with Gasteiger partial charge in [-0.05, 0) is 37.1 Å². The van der Waals surface area contributed by atoms with Gasteiger partial charge in [-0.2, -0.15) is 0 Å². The molecular formula is C13H16ClNO2. The average Bonchev–Trinajstić information content (AvgIpc) is 2.82. The van der Waals surface area contributed by atoms with Gasteiger partial charge in [-0.25, -0.2) is 0 Å². The lowest BCUT2D eigenvalue weighted by atomic mass is 10.0. The van der Waals surface area contributed by atoms with Crippen molar-refractivity contribution in [3.63, 3.8) is 0 Å². The van der Waals surface area contributed by atoms with Crippen molar-refractivity contribution in [2.45, 2.75) is 25.3 Å². The van der Waals surface area contributed by atoms with Gasteiger partial charge in [0.25, 0.3) is 0 Å². The van der Waals surface area contributed by atoms with Crippen molar-refractivity contribution in [2.24, 2.45) is 0 Å². The number of methoxy groups -OCH3 is 1. The molecule has 3 nitrogen and oxygen atoms in total. The fourth-order valence-corrected chi connectivity index (χ4v) is 2.38. The second-order valence-corrected chi connectivity index (χ2v) is 4.67. The number of hydrogen-bond donors (Lipinski definition) is 1. The lowest BCUT2D eigenvalue weighted by Gasteiger charge is -2.10. The molecule has 1 saturated heterocycles. The molecule has 17 heavy (non-hydrogen) atoms. The van der Waals surface area contributed by atoms with Gasteiger partial charge >= 0.3 is 0 Å². The molecule has 0 aliphatic carbocycles. The first-order chi connectivity index (χ1) is 8.20. The van der Waals surface area contributed by atoms with Gasteiger partial charge in [0.1, 0.15) is 5.75 Å². The van der Waals surface area contributed by atoms with E-state index in [-0.39, 0.29) is 11.8 Å². The fourth-order valence-electron chi connectivity index (χ4n) is 2.10. The smallest absolute Gasteiger partial charge is 0.154 e. The zero-order valence-electron chi connectivity index (χ0n) is 9.83. The number of halogens is 1. The highest BCUT2D eigenvalue weighted by Crippen LogP contribution is 2.25. The first-order valence-electron chi connectivity index (χ1n) is 5.79. The first-order valence-corrected chi connectivity index (χ1v) is 6.17. The quantitative estimate of drug-likeness (QED) is 0.894. The summed E-state index contributed by atoms with van der Waals surface area (Å²) >= 11 is 6.02. The highest BCUT2D eigenvalue weighted by molar-refractivity contribution is 6.32. The second-order valence-electron chi connectivity index (χ2n) is 4.26. The maximum atomic E-state index is 11.9. The zero-order valence-corrected chi connectivity index (χ0v) is 10.6. The molecule has 1 N–H and O–H groups in total. The Labute approximate surface area is 106 Å². The summed E-state index contributed by atoms with van der Waals surface area (Å²) < 4.78 is 5.08. The number of ketones is 1. The standard InChI is InChI=1S/C13H16ClNO2/c1-17-13-5-4-9(7-10(13)14)8-12(16)11-3-2-6-15-11/h4-5,7,11,15H,2-3,6,8H2,1H3. The molecule has 0 aromatic heterocycles. The first kappa shape index (κ1) is 12.4. The summed E-state index contributed by atoms with van der Waals surface area (Å²) in [5.74, 6) is 0.880. The Morgan fingerprint density at radius 2 is 2.41 bits per heavy atom. The highest BCUT2D eigenvalue weighted by atomic mass is 35.5. The van der Waals surface area contributed by atoms with Crippen molar-refractivity contribution < 1.29 is 9.53 Å². The predicted octanol–water partition coefficient (Wildman–Crippen LogP) is 2.21. The third kappa shape index (κ3) is 2.99. The van der Waals surface area contributed by atoms with E-state index in [1.165, 1.54) is 0 Å². The van der Waals surface area contributed by atoms with Crippen LogP contribution in [0.3, 0.4) is 0 Å². The molecule has 0 saturated carbocycles. The van der Waals surface area contributed by atoms with Gasteiger partial charge in [0.05, 0.1) is 18.2 Å². The summed E-state index contributed by atoms with van der Waals surface area (Å²) in [6, 6.07) is 5.51. The van der Waals surface area contributed by atoms with Gasteiger partial charge in [0, 0.05) is 6.42 Å². The second kappa shape index (κ2) is 5.52. The SMILES string of the molecule is COc1ccc(CC(=O)C2CCCN2)cc1Cl. The van der Waals surface area contributed by atoms with Gasteiger partial charge in [-0.15, -0.1) is 0 Å². The van der Waals surface area contributed by atoms with Crippen LogP contribution in [0.2, 0.25) is 5.02 Å². The fraction of sp³-hybridized carbons (Fsp3) is 0.462. The summed E-state index contributed by atoms with van der Waals surface area (Å²) in [4.78, 5) is 11.9. The number of benzene rings is 1. The van der Waals surface area contributed by atoms with Crippen molar-refractivity contribution in [1.82, 2.24) is 5.32 Å². The van der Waals surface area contributed by atoms with Crippen molar-refractivity contribution in [1.29, 1.82) is 0 Å². The Morgan fingerprint density at radius 3 is 3.00 bits per heavy atom. The van der Waals surface area contributed by atoms with E-state index < -0.39 is 0 Å². The Bertz CT molecular complexity index is 414. The molecule has 0 radical (unpaired) electrons. The van der Waals surface area contributed by atoms with E-state index in [0.29, 0.717) is 17.2 Å². The molecule has 92 valence electrons. The van der Waals surface area contributed by atoms with Crippen LogP contribution in [0.1, 0.15) is 18.4 Å². The number of nitrogens with one attached hydrogen (secondary N) is 1. The van der Waals surface area contributed by atoms with E-state index in [1.54, 1.807) is 19.2 Å². The number of Topliss-reactive ketones (excluding diaryl/α,β-unsaturated/α-hetero) is 1. The van der Waals surface area contributed by atoms with Gasteiger partial charge in [-0.3, -0.25) is 4.79 Å². The molecule has 2 rings (SSSR count). The Balaban J connectivity index is 2.03. The third-order valence-electron chi connectivity index (χ3n) is 3.04. The molecule has 1 atom stereocenters. The van der Waals surface area contributed by atoms with Crippen LogP contribution in [0.25, 0.3) is 0 Å². The molecule has 1 unspecified atom stereocenters. The number of ether oxygens (including phenoxy) is 1. The molecule has 0 spiro atoms. The molecule has 4 heteroatoms. The molecule has 1 aromatic carbocycles. The summed E-state index contributed by atoms with van der Waals surface area (Å²) in [7, 11) is 1.58. The molecular weight excluding hydrogens is 238 g/mol. The van der Waals surface area contributed by atoms with E-state index in [0.717, 1.165) is 24.9 Å². The molecule has 1 aliphatic rings. The Kier molecular flexibility index (Phi) is 4.02. The normalized spacial score (nSPS) is 19.3. The van der Waals surface area contributed by atoms with Gasteiger partial charge in [0.2, 0.25) is 0 Å². The summed E-state index contributed by atoms with van der Waals surface area (Å²) in [6.45, 7) is 0.944. The maximum Gasteiger partial charge on any atom is 0.154 e. The zero-order chi connectivity index (χ0) is 12.3. The number of hydrogen-bond acceptors (Lipinski definition) is 3. The van der Waals surface area contributed by atoms with Gasteiger partial charge in [-0.1, -0.05) is 17.7 Å². The summed E-state index contributed by atoms with van der Waals surface area (Å²) in [5, 5.41) is 3.76. The van der Waals surface area contributed by atoms with Gasteiger partial charge < -0.3 is 10.1 Å². The van der Waals surface area contributed by atoms with Crippen LogP contribution in [-0.2, 0) is 11.2 Å². The molecule has 1 fully saturated rings. The van der Waals surface area contributed by atoms with Crippen LogP contribution in [0.15, 0.2) is 18.2 Å². The van der Waals surface area contributed by atoms with E-state index in [4.69, 9.17) is 16.3 Å². The van der Waals surface area contributed by atoms with E-state index >= 15 is 0 Å². The predicted molar refractivity (Wildman–Crippen MR) is 67.7 cm³/mol. The van der Waals surface area contributed by atoms with Crippen molar-refractivity contribution in [3.05, 3.63) is 28.8 Å². The highest BCUT2D eigenvalue weighted by Gasteiger charge is 2.21. The number of carbonyl (C=O) groups excluding carboxylic acids is 1. The van der Waals surface area contributed by atoms with Crippen LogP contribution in [0.4, 0.5) is 0 Å². The van der Waals surface area contributed by atoms with Crippen molar-refractivity contribution in [3.8, 4) is 5.75 Å². The minimum atomic E-state index is 0.0240. The van der Waals surface area contributed by atoms with E-state index in [1.807, 2.05) is 6.07 Å². The molecule has 1 aromatic rings. The van der Waals surface area contributed by atoms with Crippen LogP contribution < -0.4 is 10.1 Å².